The Morgan fingerprint density at radius 1 is 0.941 bits per heavy atom. The zero-order chi connectivity index (χ0) is 23.9. The smallest absolute Gasteiger partial charge is 0.241 e. The molecule has 0 saturated carbocycles. The molecule has 4 rings (SSSR count). The van der Waals surface area contributed by atoms with Crippen molar-refractivity contribution in [1.29, 1.82) is 0 Å². The average Bonchev–Trinajstić information content (AvgIpc) is 3.11. The van der Waals surface area contributed by atoms with Gasteiger partial charge in [0, 0.05) is 6.54 Å². The van der Waals surface area contributed by atoms with Crippen LogP contribution in [0.15, 0.2) is 72.8 Å². The number of rotatable bonds is 10. The van der Waals surface area contributed by atoms with Crippen molar-refractivity contribution >= 4 is 34.2 Å². The summed E-state index contributed by atoms with van der Waals surface area (Å²) in [5.41, 5.74) is 3.03. The molecule has 1 fully saturated rings. The second-order valence-corrected chi connectivity index (χ2v) is 9.77. The Labute approximate surface area is 209 Å². The van der Waals surface area contributed by atoms with Gasteiger partial charge in [-0.3, -0.25) is 9.69 Å². The van der Waals surface area contributed by atoms with E-state index in [2.05, 4.69) is 12.1 Å². The van der Waals surface area contributed by atoms with Gasteiger partial charge >= 0.3 is 0 Å². The number of hydrogen-bond donors (Lipinski definition) is 0. The van der Waals surface area contributed by atoms with Gasteiger partial charge in [-0.25, -0.2) is 4.39 Å². The fourth-order valence-electron chi connectivity index (χ4n) is 3.74. The number of hydrogen-bond acceptors (Lipinski definition) is 5. The van der Waals surface area contributed by atoms with E-state index in [0.29, 0.717) is 42.0 Å². The van der Waals surface area contributed by atoms with Crippen LogP contribution < -0.4 is 9.47 Å². The van der Waals surface area contributed by atoms with Crippen LogP contribution in [-0.4, -0.2) is 33.5 Å². The second-order valence-electron chi connectivity index (χ2n) is 7.93. The maximum Gasteiger partial charge on any atom is 0.241 e. The van der Waals surface area contributed by atoms with Crippen LogP contribution in [0.4, 0.5) is 4.39 Å². The first-order chi connectivity index (χ1) is 16.5. The third kappa shape index (κ3) is 6.15. The predicted octanol–water partition coefficient (Wildman–Crippen LogP) is 5.82. The number of nitrogens with zero attached hydrogens (tertiary/aromatic N) is 1. The number of thiocarbonyl (C=S) groups is 1. The zero-order valence-corrected chi connectivity index (χ0v) is 20.5. The van der Waals surface area contributed by atoms with Crippen LogP contribution in [0, 0.1) is 5.82 Å². The first kappa shape index (κ1) is 24.2. The van der Waals surface area contributed by atoms with Crippen LogP contribution in [0.1, 0.15) is 23.6 Å². The van der Waals surface area contributed by atoms with Gasteiger partial charge in [0.15, 0.2) is 11.5 Å². The fourth-order valence-corrected chi connectivity index (χ4v) is 5.32. The van der Waals surface area contributed by atoms with Crippen LogP contribution in [0.5, 0.6) is 11.5 Å². The molecule has 0 radical (unpaired) electrons. The summed E-state index contributed by atoms with van der Waals surface area (Å²) in [6.07, 6.45) is 1.33. The number of carbonyl (C=O) groups is 1. The Bertz CT molecular complexity index is 1140. The summed E-state index contributed by atoms with van der Waals surface area (Å²) in [5, 5.41) is -0.247. The molecule has 1 saturated heterocycles. The van der Waals surface area contributed by atoms with Gasteiger partial charge < -0.3 is 9.47 Å². The standard InChI is InChI=1S/C27H26FNO3S2/c1-2-31-24-16-21(10-13-23(24)32-18-20-8-11-22(28)12-9-20)17-25-26(30)29(27(33)34-25)15-14-19-6-4-3-5-7-19/h3-13,16,25H,2,14-15,17-18H2,1H3/t25-/m0/s1. The molecule has 1 amide bonds. The number of thioether (sulfide) groups is 1. The highest BCUT2D eigenvalue weighted by atomic mass is 32.2. The van der Waals surface area contributed by atoms with Crippen molar-refractivity contribution in [2.45, 2.75) is 31.6 Å². The third-order valence-corrected chi connectivity index (χ3v) is 7.09. The van der Waals surface area contributed by atoms with Gasteiger partial charge in [-0.05, 0) is 60.7 Å². The van der Waals surface area contributed by atoms with E-state index in [1.54, 1.807) is 17.0 Å². The highest BCUT2D eigenvalue weighted by molar-refractivity contribution is 8.24. The largest absolute Gasteiger partial charge is 0.490 e. The van der Waals surface area contributed by atoms with Gasteiger partial charge in [-0.1, -0.05) is 72.5 Å². The van der Waals surface area contributed by atoms with Gasteiger partial charge in [0.2, 0.25) is 5.91 Å². The van der Waals surface area contributed by atoms with E-state index in [-0.39, 0.29) is 17.0 Å². The highest BCUT2D eigenvalue weighted by Gasteiger charge is 2.36. The summed E-state index contributed by atoms with van der Waals surface area (Å²) in [5.74, 6) is 1.02. The molecule has 0 bridgehead atoms. The number of benzene rings is 3. The molecule has 0 unspecified atom stereocenters. The first-order valence-electron chi connectivity index (χ1n) is 11.2. The molecule has 7 heteroatoms. The van der Waals surface area contributed by atoms with Gasteiger partial charge in [-0.2, -0.15) is 0 Å². The molecule has 34 heavy (non-hydrogen) atoms. The van der Waals surface area contributed by atoms with Gasteiger partial charge in [0.1, 0.15) is 16.7 Å². The molecule has 0 aromatic heterocycles. The van der Waals surface area contributed by atoms with Gasteiger partial charge in [0.05, 0.1) is 11.9 Å². The van der Waals surface area contributed by atoms with E-state index in [4.69, 9.17) is 21.7 Å². The van der Waals surface area contributed by atoms with Crippen LogP contribution in [-0.2, 0) is 24.2 Å². The molecule has 176 valence electrons. The molecule has 3 aromatic carbocycles. The molecule has 1 heterocycles. The minimum Gasteiger partial charge on any atom is -0.490 e. The van der Waals surface area contributed by atoms with E-state index in [1.807, 2.05) is 43.3 Å². The quantitative estimate of drug-likeness (QED) is 0.332. The molecular weight excluding hydrogens is 469 g/mol. The van der Waals surface area contributed by atoms with Crippen molar-refractivity contribution in [2.75, 3.05) is 13.2 Å². The molecule has 0 spiro atoms. The monoisotopic (exact) mass is 495 g/mol. The van der Waals surface area contributed by atoms with Gasteiger partial charge in [-0.15, -0.1) is 0 Å². The lowest BCUT2D eigenvalue weighted by Gasteiger charge is -2.16. The lowest BCUT2D eigenvalue weighted by atomic mass is 10.1. The number of halogens is 1. The van der Waals surface area contributed by atoms with Crippen molar-refractivity contribution in [3.05, 3.63) is 95.3 Å². The van der Waals surface area contributed by atoms with E-state index >= 15 is 0 Å². The SMILES string of the molecule is CCOc1cc(C[C@@H]2SC(=S)N(CCc3ccccc3)C2=O)ccc1OCc1ccc(F)cc1. The van der Waals surface area contributed by atoms with E-state index in [1.165, 1.54) is 29.5 Å². The Balaban J connectivity index is 1.39. The number of ether oxygens (including phenoxy) is 2. The lowest BCUT2D eigenvalue weighted by molar-refractivity contribution is -0.126. The molecular formula is C27H26FNO3S2. The summed E-state index contributed by atoms with van der Waals surface area (Å²) in [7, 11) is 0. The van der Waals surface area contributed by atoms with Crippen LogP contribution in [0.25, 0.3) is 0 Å². The average molecular weight is 496 g/mol. The summed E-state index contributed by atoms with van der Waals surface area (Å²) < 4.78 is 25.5. The minimum absolute atomic E-state index is 0.0560. The summed E-state index contributed by atoms with van der Waals surface area (Å²) in [6.45, 7) is 3.30. The minimum atomic E-state index is -0.277. The molecule has 4 nitrogen and oxygen atoms in total. The lowest BCUT2D eigenvalue weighted by Crippen LogP contribution is -2.33. The molecule has 1 aliphatic heterocycles. The van der Waals surface area contributed by atoms with E-state index in [9.17, 15) is 9.18 Å². The Morgan fingerprint density at radius 2 is 1.68 bits per heavy atom. The van der Waals surface area contributed by atoms with E-state index < -0.39 is 0 Å². The summed E-state index contributed by atoms with van der Waals surface area (Å²) in [4.78, 5) is 14.8. The topological polar surface area (TPSA) is 38.8 Å². The van der Waals surface area contributed by atoms with Crippen molar-refractivity contribution in [1.82, 2.24) is 4.90 Å². The van der Waals surface area contributed by atoms with Crippen molar-refractivity contribution in [2.24, 2.45) is 0 Å². The van der Waals surface area contributed by atoms with Crippen molar-refractivity contribution in [3.63, 3.8) is 0 Å². The normalized spacial score (nSPS) is 15.6. The maximum atomic E-state index is 13.1. The maximum absolute atomic E-state index is 13.1. The summed E-state index contributed by atoms with van der Waals surface area (Å²) in [6, 6.07) is 22.0. The molecule has 3 aromatic rings. The van der Waals surface area contributed by atoms with Crippen molar-refractivity contribution in [3.8, 4) is 11.5 Å². The van der Waals surface area contributed by atoms with Crippen LogP contribution in [0.2, 0.25) is 0 Å². The van der Waals surface area contributed by atoms with E-state index in [0.717, 1.165) is 17.5 Å². The zero-order valence-electron chi connectivity index (χ0n) is 18.9. The number of amides is 1. The Hall–Kier alpha value is -2.90. The Kier molecular flexibility index (Phi) is 8.19. The highest BCUT2D eigenvalue weighted by Crippen LogP contribution is 2.34. The van der Waals surface area contributed by atoms with Crippen LogP contribution in [0.3, 0.4) is 0 Å². The first-order valence-corrected chi connectivity index (χ1v) is 12.5. The molecule has 0 aliphatic carbocycles. The molecule has 1 aliphatic rings. The fraction of sp³-hybridized carbons (Fsp3) is 0.259. The molecule has 0 N–H and O–H groups in total. The molecule has 1 atom stereocenters. The predicted molar refractivity (Wildman–Crippen MR) is 138 cm³/mol. The third-order valence-electron chi connectivity index (χ3n) is 5.51. The Morgan fingerprint density at radius 3 is 2.41 bits per heavy atom. The number of carbonyl (C=O) groups excluding carboxylic acids is 1. The van der Waals surface area contributed by atoms with Crippen LogP contribution >= 0.6 is 24.0 Å². The summed E-state index contributed by atoms with van der Waals surface area (Å²) >= 11 is 6.95. The second kappa shape index (κ2) is 11.5. The van der Waals surface area contributed by atoms with Gasteiger partial charge in [0.25, 0.3) is 0 Å². The van der Waals surface area contributed by atoms with Crippen molar-refractivity contribution < 1.29 is 18.7 Å².